The van der Waals surface area contributed by atoms with Gasteiger partial charge in [0.05, 0.1) is 0 Å². The highest BCUT2D eigenvalue weighted by Gasteiger charge is 2.21. The molecule has 0 saturated carbocycles. The standard InChI is InChI=1S/C21H43N.ClH/c1-5-7-8-9-10-11-12-13-14-15-16-17-18-19-20(22)21(3,4)6-2;/h6,20H,2,5,7-19,22H2,1,3-4H3;1H. The third-order valence-corrected chi connectivity index (χ3v) is 5.10. The molecule has 0 radical (unpaired) electrons. The van der Waals surface area contributed by atoms with Crippen LogP contribution in [0.25, 0.3) is 0 Å². The average Bonchev–Trinajstić information content (AvgIpc) is 2.51. The Labute approximate surface area is 153 Å². The van der Waals surface area contributed by atoms with Crippen LogP contribution in [-0.4, -0.2) is 6.04 Å². The summed E-state index contributed by atoms with van der Waals surface area (Å²) in [6, 6.07) is 0.262. The third-order valence-electron chi connectivity index (χ3n) is 5.10. The van der Waals surface area contributed by atoms with Gasteiger partial charge < -0.3 is 5.73 Å². The van der Waals surface area contributed by atoms with Crippen LogP contribution in [0.2, 0.25) is 0 Å². The highest BCUT2D eigenvalue weighted by molar-refractivity contribution is 5.85. The van der Waals surface area contributed by atoms with E-state index in [1.54, 1.807) is 0 Å². The number of hydrogen-bond acceptors (Lipinski definition) is 1. The zero-order valence-electron chi connectivity index (χ0n) is 16.2. The lowest BCUT2D eigenvalue weighted by molar-refractivity contribution is 0.343. The first-order chi connectivity index (χ1) is 10.5. The van der Waals surface area contributed by atoms with Crippen molar-refractivity contribution >= 4 is 12.4 Å². The molecule has 0 spiro atoms. The zero-order chi connectivity index (χ0) is 16.7. The van der Waals surface area contributed by atoms with Gasteiger partial charge in [-0.25, -0.2) is 0 Å². The van der Waals surface area contributed by atoms with Crippen LogP contribution >= 0.6 is 12.4 Å². The predicted octanol–water partition coefficient (Wildman–Crippen LogP) is 7.43. The fraction of sp³-hybridized carbons (Fsp3) is 0.905. The van der Waals surface area contributed by atoms with Crippen LogP contribution in [0.4, 0.5) is 0 Å². The summed E-state index contributed by atoms with van der Waals surface area (Å²) in [5.41, 5.74) is 6.31. The molecule has 1 atom stereocenters. The van der Waals surface area contributed by atoms with E-state index in [9.17, 15) is 0 Å². The van der Waals surface area contributed by atoms with Crippen molar-refractivity contribution in [1.82, 2.24) is 0 Å². The monoisotopic (exact) mass is 345 g/mol. The van der Waals surface area contributed by atoms with Crippen molar-refractivity contribution in [2.75, 3.05) is 0 Å². The molecule has 0 aliphatic rings. The SMILES string of the molecule is C=CC(C)(C)C(N)CCCCCCCCCCCCCCC.Cl. The van der Waals surface area contributed by atoms with E-state index in [0.717, 1.165) is 6.42 Å². The molecular weight excluding hydrogens is 302 g/mol. The lowest BCUT2D eigenvalue weighted by Crippen LogP contribution is -2.35. The molecule has 1 unspecified atom stereocenters. The molecule has 0 fully saturated rings. The molecule has 0 aromatic heterocycles. The molecule has 0 amide bonds. The molecule has 0 aliphatic carbocycles. The minimum Gasteiger partial charge on any atom is -0.327 e. The number of nitrogens with two attached hydrogens (primary N) is 1. The van der Waals surface area contributed by atoms with Gasteiger partial charge in [0, 0.05) is 6.04 Å². The topological polar surface area (TPSA) is 26.0 Å². The van der Waals surface area contributed by atoms with Crippen LogP contribution in [0.3, 0.4) is 0 Å². The molecule has 0 aromatic carbocycles. The summed E-state index contributed by atoms with van der Waals surface area (Å²) in [5.74, 6) is 0. The van der Waals surface area contributed by atoms with Crippen LogP contribution < -0.4 is 5.73 Å². The Morgan fingerprint density at radius 3 is 1.48 bits per heavy atom. The third kappa shape index (κ3) is 15.3. The van der Waals surface area contributed by atoms with E-state index < -0.39 is 0 Å². The van der Waals surface area contributed by atoms with Crippen LogP contribution in [0, 0.1) is 5.41 Å². The van der Waals surface area contributed by atoms with Crippen molar-refractivity contribution in [3.63, 3.8) is 0 Å². The summed E-state index contributed by atoms with van der Waals surface area (Å²) >= 11 is 0. The molecule has 2 heteroatoms. The fourth-order valence-corrected chi connectivity index (χ4v) is 2.91. The van der Waals surface area contributed by atoms with Gasteiger partial charge in [-0.05, 0) is 11.8 Å². The van der Waals surface area contributed by atoms with Crippen molar-refractivity contribution in [2.24, 2.45) is 11.1 Å². The number of halogens is 1. The maximum Gasteiger partial charge on any atom is 0.0125 e. The van der Waals surface area contributed by atoms with Crippen molar-refractivity contribution in [3.8, 4) is 0 Å². The molecule has 0 heterocycles. The lowest BCUT2D eigenvalue weighted by Gasteiger charge is -2.28. The first kappa shape index (κ1) is 25.2. The summed E-state index contributed by atoms with van der Waals surface area (Å²) in [6.45, 7) is 10.5. The van der Waals surface area contributed by atoms with Crippen LogP contribution in [-0.2, 0) is 0 Å². The number of unbranched alkanes of at least 4 members (excludes halogenated alkanes) is 12. The van der Waals surface area contributed by atoms with E-state index >= 15 is 0 Å². The van der Waals surface area contributed by atoms with Crippen LogP contribution in [0.1, 0.15) is 111 Å². The highest BCUT2D eigenvalue weighted by atomic mass is 35.5. The Balaban J connectivity index is 0. The molecular formula is C21H44ClN. The molecule has 140 valence electrons. The average molecular weight is 346 g/mol. The largest absolute Gasteiger partial charge is 0.327 e. The number of hydrogen-bond donors (Lipinski definition) is 1. The van der Waals surface area contributed by atoms with E-state index in [4.69, 9.17) is 5.73 Å². The van der Waals surface area contributed by atoms with Gasteiger partial charge in [0.15, 0.2) is 0 Å². The van der Waals surface area contributed by atoms with E-state index in [0.29, 0.717) is 0 Å². The molecule has 2 N–H and O–H groups in total. The van der Waals surface area contributed by atoms with Gasteiger partial charge in [0.25, 0.3) is 0 Å². The number of rotatable bonds is 16. The first-order valence-corrected chi connectivity index (χ1v) is 9.93. The van der Waals surface area contributed by atoms with Gasteiger partial charge in [-0.1, -0.05) is 110 Å². The quantitative estimate of drug-likeness (QED) is 0.228. The summed E-state index contributed by atoms with van der Waals surface area (Å²) < 4.78 is 0. The van der Waals surface area contributed by atoms with Gasteiger partial charge >= 0.3 is 0 Å². The van der Waals surface area contributed by atoms with E-state index in [1.165, 1.54) is 83.5 Å². The van der Waals surface area contributed by atoms with Crippen molar-refractivity contribution < 1.29 is 0 Å². The lowest BCUT2D eigenvalue weighted by atomic mass is 9.82. The van der Waals surface area contributed by atoms with Crippen LogP contribution in [0.5, 0.6) is 0 Å². The van der Waals surface area contributed by atoms with Gasteiger partial charge in [-0.3, -0.25) is 0 Å². The maximum absolute atomic E-state index is 6.23. The smallest absolute Gasteiger partial charge is 0.0125 e. The minimum atomic E-state index is 0. The second-order valence-electron chi connectivity index (χ2n) is 7.66. The molecule has 0 saturated heterocycles. The van der Waals surface area contributed by atoms with E-state index in [-0.39, 0.29) is 23.9 Å². The minimum absolute atomic E-state index is 0. The summed E-state index contributed by atoms with van der Waals surface area (Å²) in [5, 5.41) is 0. The molecule has 0 aliphatic heterocycles. The summed E-state index contributed by atoms with van der Waals surface area (Å²) in [4.78, 5) is 0. The van der Waals surface area contributed by atoms with Crippen LogP contribution in [0.15, 0.2) is 12.7 Å². The summed E-state index contributed by atoms with van der Waals surface area (Å²) in [7, 11) is 0. The Morgan fingerprint density at radius 2 is 1.13 bits per heavy atom. The van der Waals surface area contributed by atoms with Crippen molar-refractivity contribution in [1.29, 1.82) is 0 Å². The molecule has 23 heavy (non-hydrogen) atoms. The van der Waals surface area contributed by atoms with Gasteiger partial charge in [-0.2, -0.15) is 0 Å². The second kappa shape index (κ2) is 16.8. The summed E-state index contributed by atoms with van der Waals surface area (Å²) in [6.07, 6.45) is 21.5. The Hall–Kier alpha value is -0.0100. The van der Waals surface area contributed by atoms with Crippen molar-refractivity contribution in [2.45, 2.75) is 117 Å². The highest BCUT2D eigenvalue weighted by Crippen LogP contribution is 2.24. The molecule has 0 rings (SSSR count). The van der Waals surface area contributed by atoms with Crippen molar-refractivity contribution in [3.05, 3.63) is 12.7 Å². The van der Waals surface area contributed by atoms with Gasteiger partial charge in [-0.15, -0.1) is 19.0 Å². The zero-order valence-corrected chi connectivity index (χ0v) is 17.1. The first-order valence-electron chi connectivity index (χ1n) is 9.93. The van der Waals surface area contributed by atoms with Gasteiger partial charge in [0.1, 0.15) is 0 Å². The van der Waals surface area contributed by atoms with Gasteiger partial charge in [0.2, 0.25) is 0 Å². The maximum atomic E-state index is 6.23. The van der Waals surface area contributed by atoms with E-state index in [1.807, 2.05) is 6.08 Å². The normalized spacial score (nSPS) is 12.7. The fourth-order valence-electron chi connectivity index (χ4n) is 2.91. The van der Waals surface area contributed by atoms with E-state index in [2.05, 4.69) is 27.4 Å². The second-order valence-corrected chi connectivity index (χ2v) is 7.66. The molecule has 0 bridgehead atoms. The predicted molar refractivity (Wildman–Crippen MR) is 110 cm³/mol. The Bertz CT molecular complexity index is 250. The Morgan fingerprint density at radius 1 is 0.783 bits per heavy atom. The molecule has 1 nitrogen and oxygen atoms in total. The Kier molecular flexibility index (Phi) is 18.5. The molecule has 0 aromatic rings.